The summed E-state index contributed by atoms with van der Waals surface area (Å²) in [5, 5.41) is 5.92. The molecule has 3 heteroatoms. The molecule has 5 aromatic carbocycles. The highest BCUT2D eigenvalue weighted by Gasteiger charge is 2.10. The van der Waals surface area contributed by atoms with Crippen LogP contribution in [0.15, 0.2) is 170 Å². The Morgan fingerprint density at radius 2 is 1.21 bits per heavy atom. The van der Waals surface area contributed by atoms with Crippen LogP contribution in [-0.2, 0) is 0 Å². The van der Waals surface area contributed by atoms with Gasteiger partial charge >= 0.3 is 0 Å². The van der Waals surface area contributed by atoms with Crippen LogP contribution in [0.2, 0.25) is 0 Å². The molecule has 6 aromatic rings. The second-order valence-electron chi connectivity index (χ2n) is 11.3. The molecule has 0 aliphatic carbocycles. The monoisotopic (exact) mass is 644 g/mol. The third kappa shape index (κ3) is 8.70. The van der Waals surface area contributed by atoms with Gasteiger partial charge in [-0.2, -0.15) is 0 Å². The van der Waals surface area contributed by atoms with Gasteiger partial charge in [-0.05, 0) is 83.8 Å². The van der Waals surface area contributed by atoms with E-state index in [0.717, 1.165) is 29.1 Å². The van der Waals surface area contributed by atoms with E-state index in [-0.39, 0.29) is 0 Å². The lowest BCUT2D eigenvalue weighted by Gasteiger charge is -2.21. The molecule has 1 N–H and O–H groups in total. The second kappa shape index (κ2) is 17.0. The average Bonchev–Trinajstić information content (AvgIpc) is 3.51. The number of rotatable bonds is 4. The van der Waals surface area contributed by atoms with E-state index in [0.29, 0.717) is 0 Å². The molecule has 1 aromatic heterocycles. The molecule has 0 fully saturated rings. The van der Waals surface area contributed by atoms with Crippen LogP contribution >= 0.6 is 11.3 Å². The molecule has 0 spiro atoms. The lowest BCUT2D eigenvalue weighted by molar-refractivity contribution is 1.12. The Balaban J connectivity index is 0.000000250. The van der Waals surface area contributed by atoms with Crippen molar-refractivity contribution < 1.29 is 0 Å². The van der Waals surface area contributed by atoms with E-state index in [4.69, 9.17) is 0 Å². The number of hydrogen-bond acceptors (Lipinski definition) is 3. The zero-order valence-electron chi connectivity index (χ0n) is 28.4. The second-order valence-corrected chi connectivity index (χ2v) is 12.4. The Morgan fingerprint density at radius 1 is 0.646 bits per heavy atom. The molecule has 0 bridgehead atoms. The summed E-state index contributed by atoms with van der Waals surface area (Å²) in [4.78, 5) is 2.34. The highest BCUT2D eigenvalue weighted by atomic mass is 32.1. The largest absolute Gasteiger partial charge is 0.356 e. The Labute approximate surface area is 290 Å². The first-order chi connectivity index (χ1) is 23.5. The fourth-order valence-corrected chi connectivity index (χ4v) is 6.63. The number of para-hydroxylation sites is 2. The van der Waals surface area contributed by atoms with Gasteiger partial charge < -0.3 is 10.2 Å². The molecule has 48 heavy (non-hydrogen) atoms. The number of hydrogen-bond donors (Lipinski definition) is 1. The van der Waals surface area contributed by atoms with Gasteiger partial charge in [-0.1, -0.05) is 141 Å². The molecular formula is C45H44N2S. The van der Waals surface area contributed by atoms with Crippen molar-refractivity contribution in [2.24, 2.45) is 0 Å². The summed E-state index contributed by atoms with van der Waals surface area (Å²) in [6.07, 6.45) is 8.98. The molecule has 0 saturated heterocycles. The van der Waals surface area contributed by atoms with Crippen molar-refractivity contribution >= 4 is 55.7 Å². The van der Waals surface area contributed by atoms with Gasteiger partial charge in [-0.3, -0.25) is 0 Å². The number of anilines is 3. The van der Waals surface area contributed by atoms with E-state index in [1.165, 1.54) is 42.2 Å². The maximum atomic E-state index is 4.41. The SMILES string of the molecule is C=C1/C=C\C(c2ccccc2)=C/N(c2ccc(C)cc2)C/C=c2\c(sc3ccccc23)=C\1C.CC.c1ccc(Nc2ccccc2)cc1. The quantitative estimate of drug-likeness (QED) is 0.205. The number of aryl methyl sites for hydroxylation is 1. The highest BCUT2D eigenvalue weighted by Crippen LogP contribution is 2.24. The number of thiophene rings is 1. The molecule has 7 rings (SSSR count). The van der Waals surface area contributed by atoms with Crippen LogP contribution in [0.5, 0.6) is 0 Å². The van der Waals surface area contributed by atoms with Crippen molar-refractivity contribution in [1.82, 2.24) is 0 Å². The van der Waals surface area contributed by atoms with E-state index in [9.17, 15) is 0 Å². The van der Waals surface area contributed by atoms with E-state index in [2.05, 4.69) is 134 Å². The van der Waals surface area contributed by atoms with Crippen LogP contribution in [0.1, 0.15) is 31.9 Å². The highest BCUT2D eigenvalue weighted by molar-refractivity contribution is 7.17. The Morgan fingerprint density at radius 3 is 1.83 bits per heavy atom. The third-order valence-corrected chi connectivity index (χ3v) is 9.32. The molecular weight excluding hydrogens is 601 g/mol. The zero-order valence-corrected chi connectivity index (χ0v) is 29.2. The molecule has 0 amide bonds. The predicted octanol–water partition coefficient (Wildman–Crippen LogP) is 11.3. The molecule has 0 atom stereocenters. The molecule has 1 aliphatic heterocycles. The predicted molar refractivity (Wildman–Crippen MR) is 213 cm³/mol. The topological polar surface area (TPSA) is 15.3 Å². The van der Waals surface area contributed by atoms with Crippen LogP contribution < -0.4 is 20.0 Å². The van der Waals surface area contributed by atoms with E-state index < -0.39 is 0 Å². The van der Waals surface area contributed by atoms with Gasteiger partial charge in [0.1, 0.15) is 0 Å². The van der Waals surface area contributed by atoms with E-state index >= 15 is 0 Å². The van der Waals surface area contributed by atoms with Gasteiger partial charge in [0.15, 0.2) is 0 Å². The normalized spacial score (nSPS) is 16.2. The minimum Gasteiger partial charge on any atom is -0.356 e. The summed E-state index contributed by atoms with van der Waals surface area (Å²) in [7, 11) is 0. The van der Waals surface area contributed by atoms with Gasteiger partial charge in [-0.15, -0.1) is 11.3 Å². The standard InChI is InChI=1S/C31H27NS.C12H11N.C2H6/c1-22-13-17-27(18-14-22)32-20-19-29-28-11-7-8-12-30(28)33-31(29)24(3)23(2)15-16-26(21-32)25-9-5-4-6-10-25;1-3-7-11(8-4-1)13-12-9-5-2-6-10-12;1-2/h4-19,21H,2,20H2,1,3H3;1-10,13H;1-2H3/b16-15-,26-21+,29-19-,31-24-;;. The van der Waals surface area contributed by atoms with Crippen LogP contribution in [0.3, 0.4) is 0 Å². The van der Waals surface area contributed by atoms with E-state index in [1.807, 2.05) is 85.8 Å². The number of fused-ring (bicyclic) bond motifs is 3. The fraction of sp³-hybridized carbons (Fsp3) is 0.111. The Bertz CT molecular complexity index is 2070. The average molecular weight is 645 g/mol. The van der Waals surface area contributed by atoms with Crippen LogP contribution in [-0.4, -0.2) is 6.54 Å². The third-order valence-electron chi connectivity index (χ3n) is 8.02. The smallest absolute Gasteiger partial charge is 0.0415 e. The van der Waals surface area contributed by atoms with Crippen molar-refractivity contribution in [3.63, 3.8) is 0 Å². The number of nitrogens with one attached hydrogen (secondary N) is 1. The maximum Gasteiger partial charge on any atom is 0.0415 e. The molecule has 0 radical (unpaired) electrons. The Kier molecular flexibility index (Phi) is 12.0. The molecule has 1 aliphatic rings. The molecule has 2 heterocycles. The van der Waals surface area contributed by atoms with Crippen LogP contribution in [0, 0.1) is 6.92 Å². The first kappa shape index (κ1) is 34.0. The zero-order chi connectivity index (χ0) is 33.7. The van der Waals surface area contributed by atoms with Crippen molar-refractivity contribution in [3.8, 4) is 0 Å². The summed E-state index contributed by atoms with van der Waals surface area (Å²) in [5.74, 6) is 0. The summed E-state index contributed by atoms with van der Waals surface area (Å²) in [6.45, 7) is 13.5. The first-order valence-corrected chi connectivity index (χ1v) is 17.4. The van der Waals surface area contributed by atoms with Crippen molar-refractivity contribution in [2.45, 2.75) is 27.7 Å². The summed E-state index contributed by atoms with van der Waals surface area (Å²) < 4.78 is 2.62. The molecule has 240 valence electrons. The van der Waals surface area contributed by atoms with Gasteiger partial charge in [0.2, 0.25) is 0 Å². The lowest BCUT2D eigenvalue weighted by atomic mass is 10.0. The van der Waals surface area contributed by atoms with Crippen LogP contribution in [0.4, 0.5) is 17.1 Å². The fourth-order valence-electron chi connectivity index (χ4n) is 5.39. The van der Waals surface area contributed by atoms with Crippen molar-refractivity contribution in [3.05, 3.63) is 191 Å². The Hall–Kier alpha value is -5.38. The van der Waals surface area contributed by atoms with Crippen molar-refractivity contribution in [2.75, 3.05) is 16.8 Å². The van der Waals surface area contributed by atoms with Crippen molar-refractivity contribution in [1.29, 1.82) is 0 Å². The van der Waals surface area contributed by atoms with Gasteiger partial charge in [0.25, 0.3) is 0 Å². The number of allylic oxidation sites excluding steroid dienone is 4. The van der Waals surface area contributed by atoms with Gasteiger partial charge in [0.05, 0.1) is 0 Å². The van der Waals surface area contributed by atoms with Gasteiger partial charge in [-0.25, -0.2) is 0 Å². The minimum absolute atomic E-state index is 0.778. The van der Waals surface area contributed by atoms with Gasteiger partial charge in [0, 0.05) is 44.4 Å². The maximum absolute atomic E-state index is 4.41. The van der Waals surface area contributed by atoms with E-state index in [1.54, 1.807) is 0 Å². The molecule has 0 unspecified atom stereocenters. The summed E-state index contributed by atoms with van der Waals surface area (Å²) in [6, 6.07) is 48.3. The molecule has 2 nitrogen and oxygen atoms in total. The lowest BCUT2D eigenvalue weighted by Crippen LogP contribution is -2.25. The summed E-state index contributed by atoms with van der Waals surface area (Å²) >= 11 is 1.85. The number of nitrogens with zero attached hydrogens (tertiary/aromatic N) is 1. The van der Waals surface area contributed by atoms with Crippen LogP contribution in [0.25, 0.3) is 27.3 Å². The molecule has 0 saturated carbocycles. The number of benzene rings is 5. The minimum atomic E-state index is 0.778. The summed E-state index contributed by atoms with van der Waals surface area (Å²) in [5.41, 5.74) is 9.31. The first-order valence-electron chi connectivity index (χ1n) is 16.6.